The number of aryl methyl sites for hydroxylation is 2. The molecule has 1 heterocycles. The summed E-state index contributed by atoms with van der Waals surface area (Å²) in [5.74, 6) is 1.75. The number of likely N-dealkylation sites (N-methyl/N-ethyl adjacent to an activating group) is 1. The Balaban J connectivity index is 0.00000288. The lowest BCUT2D eigenvalue weighted by Crippen LogP contribution is -2.40. The Kier molecular flexibility index (Phi) is 9.51. The zero-order valence-electron chi connectivity index (χ0n) is 15.6. The van der Waals surface area contributed by atoms with Crippen LogP contribution in [0, 0.1) is 19.8 Å². The van der Waals surface area contributed by atoms with Gasteiger partial charge in [0.15, 0.2) is 5.96 Å². The molecule has 0 bridgehead atoms. The Bertz CT molecular complexity index is 504. The summed E-state index contributed by atoms with van der Waals surface area (Å²) in [5, 5.41) is 7.98. The van der Waals surface area contributed by atoms with Gasteiger partial charge in [0.1, 0.15) is 0 Å². The zero-order valence-corrected chi connectivity index (χ0v) is 18.7. The highest BCUT2D eigenvalue weighted by Gasteiger charge is 2.32. The molecule has 1 fully saturated rings. The van der Waals surface area contributed by atoms with Gasteiger partial charge in [0.2, 0.25) is 0 Å². The first-order valence-electron chi connectivity index (χ1n) is 8.62. The van der Waals surface area contributed by atoms with Crippen molar-refractivity contribution in [1.82, 2.24) is 20.5 Å². The molecule has 1 atom stereocenters. The molecule has 2 N–H and O–H groups in total. The van der Waals surface area contributed by atoms with Crippen LogP contribution < -0.4 is 10.6 Å². The normalized spacial score (nSPS) is 16.0. The van der Waals surface area contributed by atoms with Gasteiger partial charge in [-0.05, 0) is 53.6 Å². The Morgan fingerprint density at radius 1 is 1.33 bits per heavy atom. The van der Waals surface area contributed by atoms with Crippen LogP contribution in [-0.2, 0) is 6.42 Å². The van der Waals surface area contributed by atoms with Crippen LogP contribution in [0.3, 0.4) is 0 Å². The second-order valence-electron chi connectivity index (χ2n) is 6.51. The van der Waals surface area contributed by atoms with Crippen LogP contribution in [0.25, 0.3) is 0 Å². The summed E-state index contributed by atoms with van der Waals surface area (Å²) >= 11 is 1.80. The van der Waals surface area contributed by atoms with Crippen molar-refractivity contribution in [2.75, 3.05) is 33.7 Å². The number of hydrogen-bond acceptors (Lipinski definition) is 4. The van der Waals surface area contributed by atoms with E-state index in [1.54, 1.807) is 11.3 Å². The van der Waals surface area contributed by atoms with Gasteiger partial charge in [0.05, 0.1) is 17.2 Å². The summed E-state index contributed by atoms with van der Waals surface area (Å²) in [6.07, 6.45) is 3.65. The predicted octanol–water partition coefficient (Wildman–Crippen LogP) is 2.82. The van der Waals surface area contributed by atoms with E-state index in [2.05, 4.69) is 55.4 Å². The summed E-state index contributed by atoms with van der Waals surface area (Å²) in [5.41, 5.74) is 1.16. The number of aromatic nitrogens is 1. The third-order valence-electron chi connectivity index (χ3n) is 4.31. The number of nitrogens with one attached hydrogen (secondary N) is 2. The molecule has 1 aromatic heterocycles. The molecule has 0 radical (unpaired) electrons. The van der Waals surface area contributed by atoms with Crippen molar-refractivity contribution in [3.8, 4) is 0 Å². The maximum Gasteiger partial charge on any atom is 0.191 e. The average molecular weight is 465 g/mol. The molecule has 1 saturated carbocycles. The largest absolute Gasteiger partial charge is 0.357 e. The number of halogens is 1. The van der Waals surface area contributed by atoms with Crippen LogP contribution in [0.2, 0.25) is 0 Å². The van der Waals surface area contributed by atoms with Crippen molar-refractivity contribution < 1.29 is 0 Å². The highest BCUT2D eigenvalue weighted by Crippen LogP contribution is 2.34. The SMILES string of the molecule is CCNC(=NCC(C1CC1)N(C)C)NCCc1nc(C)c(C)s1.I. The van der Waals surface area contributed by atoms with Crippen molar-refractivity contribution >= 4 is 41.3 Å². The number of thiazole rings is 1. The molecule has 1 unspecified atom stereocenters. The number of rotatable bonds is 8. The van der Waals surface area contributed by atoms with Crippen LogP contribution in [0.4, 0.5) is 0 Å². The van der Waals surface area contributed by atoms with Crippen LogP contribution in [0.1, 0.15) is 35.3 Å². The molecule has 7 heteroatoms. The highest BCUT2D eigenvalue weighted by atomic mass is 127. The minimum Gasteiger partial charge on any atom is -0.357 e. The van der Waals surface area contributed by atoms with Gasteiger partial charge in [-0.2, -0.15) is 0 Å². The van der Waals surface area contributed by atoms with Crippen LogP contribution in [0.5, 0.6) is 0 Å². The molecule has 1 aliphatic rings. The lowest BCUT2D eigenvalue weighted by Gasteiger charge is -2.22. The Morgan fingerprint density at radius 3 is 2.54 bits per heavy atom. The Morgan fingerprint density at radius 2 is 2.04 bits per heavy atom. The van der Waals surface area contributed by atoms with E-state index in [9.17, 15) is 0 Å². The van der Waals surface area contributed by atoms with Crippen molar-refractivity contribution in [1.29, 1.82) is 0 Å². The summed E-state index contributed by atoms with van der Waals surface area (Å²) < 4.78 is 0. The lowest BCUT2D eigenvalue weighted by molar-refractivity contribution is 0.271. The van der Waals surface area contributed by atoms with E-state index in [0.717, 1.165) is 43.6 Å². The molecule has 2 rings (SSSR count). The summed E-state index contributed by atoms with van der Waals surface area (Å²) in [4.78, 5) is 13.0. The molecule has 0 saturated heterocycles. The molecule has 0 spiro atoms. The van der Waals surface area contributed by atoms with Crippen molar-refractivity contribution in [3.05, 3.63) is 15.6 Å². The van der Waals surface area contributed by atoms with Gasteiger partial charge in [0, 0.05) is 30.4 Å². The van der Waals surface area contributed by atoms with Gasteiger partial charge in [-0.1, -0.05) is 0 Å². The Labute approximate surface area is 167 Å². The van der Waals surface area contributed by atoms with Gasteiger partial charge in [-0.25, -0.2) is 4.98 Å². The summed E-state index contributed by atoms with van der Waals surface area (Å²) in [6, 6.07) is 0.565. The fourth-order valence-electron chi connectivity index (χ4n) is 2.68. The lowest BCUT2D eigenvalue weighted by atomic mass is 10.2. The van der Waals surface area contributed by atoms with E-state index in [4.69, 9.17) is 4.99 Å². The predicted molar refractivity (Wildman–Crippen MR) is 115 cm³/mol. The van der Waals surface area contributed by atoms with Gasteiger partial charge < -0.3 is 15.5 Å². The van der Waals surface area contributed by atoms with E-state index in [0.29, 0.717) is 6.04 Å². The molecule has 0 aromatic carbocycles. The smallest absolute Gasteiger partial charge is 0.191 e. The first-order chi connectivity index (χ1) is 11.0. The maximum absolute atomic E-state index is 4.79. The van der Waals surface area contributed by atoms with Gasteiger partial charge in [-0.15, -0.1) is 35.3 Å². The topological polar surface area (TPSA) is 52.6 Å². The summed E-state index contributed by atoms with van der Waals surface area (Å²) in [7, 11) is 4.32. The molecule has 24 heavy (non-hydrogen) atoms. The fourth-order valence-corrected chi connectivity index (χ4v) is 3.61. The van der Waals surface area contributed by atoms with E-state index >= 15 is 0 Å². The monoisotopic (exact) mass is 465 g/mol. The van der Waals surface area contributed by atoms with E-state index in [1.807, 2.05) is 0 Å². The minimum atomic E-state index is 0. The fraction of sp³-hybridized carbons (Fsp3) is 0.765. The quantitative estimate of drug-likeness (QED) is 0.352. The number of guanidine groups is 1. The van der Waals surface area contributed by atoms with Crippen LogP contribution in [0.15, 0.2) is 4.99 Å². The third-order valence-corrected chi connectivity index (χ3v) is 5.45. The minimum absolute atomic E-state index is 0. The second-order valence-corrected chi connectivity index (χ2v) is 7.80. The van der Waals surface area contributed by atoms with Gasteiger partial charge in [-0.3, -0.25) is 4.99 Å². The zero-order chi connectivity index (χ0) is 16.8. The highest BCUT2D eigenvalue weighted by molar-refractivity contribution is 14.0. The van der Waals surface area contributed by atoms with Crippen molar-refractivity contribution in [2.45, 2.75) is 46.1 Å². The third kappa shape index (κ3) is 6.84. The molecule has 138 valence electrons. The van der Waals surface area contributed by atoms with E-state index in [1.165, 1.54) is 22.7 Å². The second kappa shape index (κ2) is 10.6. The molecule has 0 amide bonds. The van der Waals surface area contributed by atoms with Crippen LogP contribution >= 0.6 is 35.3 Å². The number of hydrogen-bond donors (Lipinski definition) is 2. The molecular weight excluding hydrogens is 433 g/mol. The van der Waals surface area contributed by atoms with Gasteiger partial charge >= 0.3 is 0 Å². The van der Waals surface area contributed by atoms with E-state index < -0.39 is 0 Å². The Hall–Kier alpha value is -0.410. The maximum atomic E-state index is 4.79. The first kappa shape index (κ1) is 21.6. The van der Waals surface area contributed by atoms with Crippen molar-refractivity contribution in [2.24, 2.45) is 10.9 Å². The summed E-state index contributed by atoms with van der Waals surface area (Å²) in [6.45, 7) is 8.94. The van der Waals surface area contributed by atoms with Crippen LogP contribution in [-0.4, -0.2) is 55.6 Å². The molecule has 0 aliphatic heterocycles. The number of aliphatic imine (C=N–C) groups is 1. The van der Waals surface area contributed by atoms with E-state index in [-0.39, 0.29) is 24.0 Å². The van der Waals surface area contributed by atoms with Gasteiger partial charge in [0.25, 0.3) is 0 Å². The van der Waals surface area contributed by atoms with Crippen molar-refractivity contribution in [3.63, 3.8) is 0 Å². The standard InChI is InChI=1S/C17H31N5S.HI/c1-6-18-17(20-11-15(22(4)5)14-7-8-14)19-10-9-16-21-12(2)13(3)23-16;/h14-15H,6-11H2,1-5H3,(H2,18,19,20);1H. The number of nitrogens with zero attached hydrogens (tertiary/aromatic N) is 3. The first-order valence-corrected chi connectivity index (χ1v) is 9.44. The molecular formula is C17H32IN5S. The molecule has 1 aromatic rings. The average Bonchev–Trinajstić information content (AvgIpc) is 3.26. The molecule has 1 aliphatic carbocycles. The molecule has 5 nitrogen and oxygen atoms in total.